The molecule has 5 nitrogen and oxygen atoms in total. The van der Waals surface area contributed by atoms with Crippen LogP contribution in [0.4, 0.5) is 0 Å². The second-order valence-corrected chi connectivity index (χ2v) is 10.4. The number of amides is 1. The number of aryl methyl sites for hydroxylation is 1. The first-order valence-corrected chi connectivity index (χ1v) is 12.8. The Balaban J connectivity index is 1.76. The van der Waals surface area contributed by atoms with Gasteiger partial charge in [-0.05, 0) is 62.5 Å². The average Bonchev–Trinajstić information content (AvgIpc) is 3.18. The Kier molecular flexibility index (Phi) is 5.93. The van der Waals surface area contributed by atoms with Crippen LogP contribution in [-0.2, 0) is 11.3 Å². The number of piperidine rings is 1. The monoisotopic (exact) mass is 477 g/mol. The molecule has 2 aromatic heterocycles. The lowest BCUT2D eigenvalue weighted by Crippen LogP contribution is -2.46. The Hall–Kier alpha value is -2.77. The van der Waals surface area contributed by atoms with Crippen molar-refractivity contribution in [1.82, 2.24) is 13.9 Å². The van der Waals surface area contributed by atoms with Gasteiger partial charge in [0.2, 0.25) is 5.91 Å². The molecule has 0 aliphatic carbocycles. The van der Waals surface area contributed by atoms with E-state index < -0.39 is 0 Å². The fourth-order valence-electron chi connectivity index (χ4n) is 5.01. The van der Waals surface area contributed by atoms with Crippen molar-refractivity contribution >= 4 is 46.0 Å². The molecule has 1 fully saturated rings. The van der Waals surface area contributed by atoms with E-state index in [2.05, 4.69) is 13.0 Å². The van der Waals surface area contributed by atoms with Crippen LogP contribution in [0.1, 0.15) is 38.2 Å². The van der Waals surface area contributed by atoms with Crippen LogP contribution in [0, 0.1) is 10.9 Å². The van der Waals surface area contributed by atoms with Crippen LogP contribution in [0.15, 0.2) is 53.3 Å². The highest BCUT2D eigenvalue weighted by molar-refractivity contribution is 7.73. The van der Waals surface area contributed by atoms with Gasteiger partial charge in [0.15, 0.2) is 3.95 Å². The van der Waals surface area contributed by atoms with E-state index in [0.717, 1.165) is 53.7 Å². The van der Waals surface area contributed by atoms with Gasteiger partial charge in [0, 0.05) is 12.6 Å². The maximum Gasteiger partial charge on any atom is 0.262 e. The maximum atomic E-state index is 13.7. The Morgan fingerprint density at radius 2 is 1.97 bits per heavy atom. The molecule has 1 amide bonds. The standard InChI is InChI=1S/C26H27N3O2S2/c1-3-19-11-6-7-14-27(19)22(30)16-28-24-23(18-10-8-9-17(2)15-18)33-26(32)29(24)21-13-5-4-12-20(21)25(28)31/h4-5,8-10,12-13,15,19H,3,6-7,11,14,16H2,1-2H3. The molecule has 0 radical (unpaired) electrons. The number of carbonyl (C=O) groups is 1. The largest absolute Gasteiger partial charge is 0.338 e. The zero-order chi connectivity index (χ0) is 23.1. The third-order valence-electron chi connectivity index (χ3n) is 6.66. The summed E-state index contributed by atoms with van der Waals surface area (Å²) < 4.78 is 4.29. The van der Waals surface area contributed by atoms with Crippen molar-refractivity contribution in [2.24, 2.45) is 0 Å². The van der Waals surface area contributed by atoms with Gasteiger partial charge in [0.05, 0.1) is 15.8 Å². The zero-order valence-electron chi connectivity index (χ0n) is 18.9. The summed E-state index contributed by atoms with van der Waals surface area (Å²) >= 11 is 7.27. The van der Waals surface area contributed by atoms with Crippen molar-refractivity contribution in [3.05, 3.63) is 68.4 Å². The van der Waals surface area contributed by atoms with Gasteiger partial charge in [-0.15, -0.1) is 11.3 Å². The van der Waals surface area contributed by atoms with Crippen LogP contribution in [0.2, 0.25) is 0 Å². The fraction of sp³-hybridized carbons (Fsp3) is 0.346. The van der Waals surface area contributed by atoms with Gasteiger partial charge in [-0.2, -0.15) is 0 Å². The third kappa shape index (κ3) is 3.83. The second kappa shape index (κ2) is 8.88. The van der Waals surface area contributed by atoms with Crippen molar-refractivity contribution in [3.8, 4) is 10.4 Å². The molecule has 0 saturated carbocycles. The molecule has 1 atom stereocenters. The molecule has 170 valence electrons. The van der Waals surface area contributed by atoms with Crippen LogP contribution < -0.4 is 5.56 Å². The number of nitrogens with zero attached hydrogens (tertiary/aromatic N) is 3. The quantitative estimate of drug-likeness (QED) is 0.348. The first kappa shape index (κ1) is 22.0. The lowest BCUT2D eigenvalue weighted by atomic mass is 10.00. The van der Waals surface area contributed by atoms with Crippen molar-refractivity contribution in [1.29, 1.82) is 0 Å². The molecule has 2 aromatic carbocycles. The SMILES string of the molecule is CCC1CCCCN1C(=O)Cn1c(=O)c2ccccc2n2c(=S)sc(-c3cccc(C)c3)c12. The Morgan fingerprint density at radius 3 is 2.76 bits per heavy atom. The van der Waals surface area contributed by atoms with Crippen LogP contribution in [0.3, 0.4) is 0 Å². The highest BCUT2D eigenvalue weighted by Crippen LogP contribution is 2.33. The lowest BCUT2D eigenvalue weighted by Gasteiger charge is -2.35. The van der Waals surface area contributed by atoms with E-state index in [9.17, 15) is 9.59 Å². The number of likely N-dealkylation sites (tertiary alicyclic amines) is 1. The summed E-state index contributed by atoms with van der Waals surface area (Å²) in [6, 6.07) is 16.0. The van der Waals surface area contributed by atoms with E-state index in [4.69, 9.17) is 12.2 Å². The zero-order valence-corrected chi connectivity index (χ0v) is 20.5. The highest BCUT2D eigenvalue weighted by Gasteiger charge is 2.27. The Morgan fingerprint density at radius 1 is 1.15 bits per heavy atom. The summed E-state index contributed by atoms with van der Waals surface area (Å²) in [4.78, 5) is 30.1. The van der Waals surface area contributed by atoms with Gasteiger partial charge in [-0.3, -0.25) is 18.6 Å². The number of hydrogen-bond acceptors (Lipinski definition) is 4. The minimum Gasteiger partial charge on any atom is -0.338 e. The molecule has 1 unspecified atom stereocenters. The summed E-state index contributed by atoms with van der Waals surface area (Å²) in [5.41, 5.74) is 3.48. The van der Waals surface area contributed by atoms with E-state index in [0.29, 0.717) is 15.0 Å². The second-order valence-electron chi connectivity index (χ2n) is 8.78. The number of carbonyl (C=O) groups excluding carboxylic acids is 1. The summed E-state index contributed by atoms with van der Waals surface area (Å²) in [5, 5.41) is 0.577. The first-order chi connectivity index (χ1) is 16.0. The number of rotatable bonds is 4. The number of aromatic nitrogens is 2. The Bertz CT molecular complexity index is 1480. The molecule has 0 bridgehead atoms. The first-order valence-electron chi connectivity index (χ1n) is 11.5. The van der Waals surface area contributed by atoms with Gasteiger partial charge >= 0.3 is 0 Å². The fourth-order valence-corrected chi connectivity index (χ4v) is 6.44. The van der Waals surface area contributed by atoms with Gasteiger partial charge in [0.1, 0.15) is 12.2 Å². The van der Waals surface area contributed by atoms with Gasteiger partial charge in [-0.1, -0.05) is 48.9 Å². The average molecular weight is 478 g/mol. The molecule has 1 saturated heterocycles. The molecule has 7 heteroatoms. The van der Waals surface area contributed by atoms with E-state index >= 15 is 0 Å². The molecule has 1 aliphatic heterocycles. The molecular weight excluding hydrogens is 450 g/mol. The van der Waals surface area contributed by atoms with Crippen molar-refractivity contribution in [3.63, 3.8) is 0 Å². The molecule has 1 aliphatic rings. The summed E-state index contributed by atoms with van der Waals surface area (Å²) in [6.07, 6.45) is 4.14. The summed E-state index contributed by atoms with van der Waals surface area (Å²) in [7, 11) is 0. The highest BCUT2D eigenvalue weighted by atomic mass is 32.1. The van der Waals surface area contributed by atoms with Gasteiger partial charge in [0.25, 0.3) is 5.56 Å². The smallest absolute Gasteiger partial charge is 0.262 e. The molecular formula is C26H27N3O2S2. The number of hydrogen-bond donors (Lipinski definition) is 0. The van der Waals surface area contributed by atoms with Crippen LogP contribution in [0.25, 0.3) is 27.0 Å². The Labute approximate surface area is 201 Å². The van der Waals surface area contributed by atoms with Crippen LogP contribution in [0.5, 0.6) is 0 Å². The topological polar surface area (TPSA) is 46.7 Å². The van der Waals surface area contributed by atoms with Crippen molar-refractivity contribution < 1.29 is 4.79 Å². The number of thiazole rings is 1. The molecule has 5 rings (SSSR count). The van der Waals surface area contributed by atoms with Crippen LogP contribution >= 0.6 is 23.6 Å². The number of fused-ring (bicyclic) bond motifs is 3. The van der Waals surface area contributed by atoms with Crippen LogP contribution in [-0.4, -0.2) is 32.4 Å². The van der Waals surface area contributed by atoms with E-state index in [1.807, 2.05) is 58.7 Å². The molecule has 4 aromatic rings. The molecule has 33 heavy (non-hydrogen) atoms. The minimum atomic E-state index is -0.147. The summed E-state index contributed by atoms with van der Waals surface area (Å²) in [6.45, 7) is 4.96. The normalized spacial score (nSPS) is 16.5. The predicted octanol–water partition coefficient (Wildman–Crippen LogP) is 5.81. The summed E-state index contributed by atoms with van der Waals surface area (Å²) in [5.74, 6) is 0.00754. The maximum absolute atomic E-state index is 13.7. The molecule has 0 N–H and O–H groups in total. The van der Waals surface area contributed by atoms with Gasteiger partial charge < -0.3 is 4.90 Å². The third-order valence-corrected chi connectivity index (χ3v) is 8.07. The number of benzene rings is 2. The predicted molar refractivity (Wildman–Crippen MR) is 138 cm³/mol. The number of para-hydroxylation sites is 1. The minimum absolute atomic E-state index is 0.00754. The van der Waals surface area contributed by atoms with E-state index in [1.165, 1.54) is 11.3 Å². The molecule has 0 spiro atoms. The van der Waals surface area contributed by atoms with E-state index in [-0.39, 0.29) is 24.1 Å². The van der Waals surface area contributed by atoms with Crippen molar-refractivity contribution in [2.75, 3.05) is 6.54 Å². The lowest BCUT2D eigenvalue weighted by molar-refractivity contribution is -0.135. The molecule has 3 heterocycles. The van der Waals surface area contributed by atoms with E-state index in [1.54, 1.807) is 4.57 Å². The van der Waals surface area contributed by atoms with Gasteiger partial charge in [-0.25, -0.2) is 0 Å². The van der Waals surface area contributed by atoms with Crippen molar-refractivity contribution in [2.45, 2.75) is 52.1 Å².